The topological polar surface area (TPSA) is 104 Å². The molecule has 0 radical (unpaired) electrons. The first-order chi connectivity index (χ1) is 10.3. The van der Waals surface area contributed by atoms with Crippen molar-refractivity contribution in [3.8, 4) is 0 Å². The summed E-state index contributed by atoms with van der Waals surface area (Å²) in [6, 6.07) is 8.30. The van der Waals surface area contributed by atoms with Crippen LogP contribution >= 0.6 is 0 Å². The van der Waals surface area contributed by atoms with E-state index in [0.717, 1.165) is 0 Å². The van der Waals surface area contributed by atoms with Gasteiger partial charge in [-0.3, -0.25) is 15.3 Å². The summed E-state index contributed by atoms with van der Waals surface area (Å²) in [6.07, 6.45) is 0.939. The van der Waals surface area contributed by atoms with Gasteiger partial charge in [-0.25, -0.2) is 8.42 Å². The maximum absolute atomic E-state index is 12.5. The average Bonchev–Trinajstić information content (AvgIpc) is 2.80. The second kappa shape index (κ2) is 6.58. The molecule has 0 heterocycles. The highest BCUT2D eigenvalue weighted by Gasteiger charge is 2.45. The third-order valence-electron chi connectivity index (χ3n) is 3.89. The van der Waals surface area contributed by atoms with Crippen molar-refractivity contribution in [1.29, 1.82) is 0 Å². The summed E-state index contributed by atoms with van der Waals surface area (Å²) in [5.41, 5.74) is 5.15. The quantitative estimate of drug-likeness (QED) is 0.360. The van der Waals surface area contributed by atoms with Crippen LogP contribution in [0.3, 0.4) is 0 Å². The maximum atomic E-state index is 12.5. The van der Waals surface area contributed by atoms with Crippen LogP contribution < -0.4 is 5.73 Å². The van der Waals surface area contributed by atoms with E-state index in [0.29, 0.717) is 18.4 Å². The number of benzene rings is 1. The van der Waals surface area contributed by atoms with Crippen molar-refractivity contribution in [2.75, 3.05) is 0 Å². The van der Waals surface area contributed by atoms with Crippen LogP contribution in [-0.2, 0) is 20.2 Å². The second-order valence-corrected chi connectivity index (χ2v) is 6.75. The molecule has 1 unspecified atom stereocenters. The van der Waals surface area contributed by atoms with Gasteiger partial charge in [0.25, 0.3) is 0 Å². The molecule has 0 aliphatic heterocycles. The molecule has 1 aromatic rings. The summed E-state index contributed by atoms with van der Waals surface area (Å²) < 4.78 is 28.3. The molecule has 1 fully saturated rings. The second-order valence-electron chi connectivity index (χ2n) is 5.62. The van der Waals surface area contributed by atoms with Crippen molar-refractivity contribution < 1.29 is 22.7 Å². The minimum Gasteiger partial charge on any atom is -0.444 e. The van der Waals surface area contributed by atoms with E-state index < -0.39 is 39.3 Å². The molecule has 0 saturated heterocycles. The molecule has 7 heteroatoms. The van der Waals surface area contributed by atoms with Crippen LogP contribution in [0.25, 0.3) is 0 Å². The van der Waals surface area contributed by atoms with Crippen LogP contribution in [0.4, 0.5) is 0 Å². The van der Waals surface area contributed by atoms with Crippen molar-refractivity contribution in [1.82, 2.24) is 0 Å². The van der Waals surface area contributed by atoms with Gasteiger partial charge in [-0.1, -0.05) is 30.3 Å². The number of carbonyl (C=O) groups is 2. The number of ketones is 1. The van der Waals surface area contributed by atoms with Gasteiger partial charge in [0.15, 0.2) is 22.2 Å². The largest absolute Gasteiger partial charge is 0.444 e. The van der Waals surface area contributed by atoms with Crippen molar-refractivity contribution >= 4 is 22.5 Å². The maximum Gasteiger partial charge on any atom is 0.304 e. The molecular weight excluding hydrogens is 306 g/mol. The first-order valence-electron chi connectivity index (χ1n) is 7.03. The molecule has 120 valence electrons. The first-order valence-corrected chi connectivity index (χ1v) is 8.28. The Bertz CT molecular complexity index is 635. The third-order valence-corrected chi connectivity index (χ3v) is 5.00. The van der Waals surface area contributed by atoms with E-state index in [1.807, 2.05) is 0 Å². The number of esters is 1. The van der Waals surface area contributed by atoms with Gasteiger partial charge in [0, 0.05) is 25.3 Å². The third kappa shape index (κ3) is 3.72. The summed E-state index contributed by atoms with van der Waals surface area (Å²) in [4.78, 5) is 23.6. The minimum absolute atomic E-state index is 0.166. The predicted molar refractivity (Wildman–Crippen MR) is 80.9 cm³/mol. The molecule has 2 rings (SSSR count). The van der Waals surface area contributed by atoms with Crippen LogP contribution in [0.2, 0.25) is 0 Å². The monoisotopic (exact) mass is 325 g/mol. The highest BCUT2D eigenvalue weighted by atomic mass is 32.2. The standard InChI is InChI=1S/C15H19NO5S/c1-10(17)21-15(16)8-7-12(9-15)14(22(19)20)13(18)11-5-3-2-4-6-11/h2-6,12,14,22H,7-9,16H2,1H3/t12-,14?,15+/m0/s1. The number of hydrogen-bond donors (Lipinski definition) is 2. The van der Waals surface area contributed by atoms with Crippen molar-refractivity contribution in [2.24, 2.45) is 11.7 Å². The Hall–Kier alpha value is -1.73. The summed E-state index contributed by atoms with van der Waals surface area (Å²) in [5, 5.41) is -1.14. The van der Waals surface area contributed by atoms with Gasteiger partial charge in [-0.2, -0.15) is 0 Å². The van der Waals surface area contributed by atoms with E-state index >= 15 is 0 Å². The Balaban J connectivity index is 2.20. The lowest BCUT2D eigenvalue weighted by Crippen LogP contribution is -2.42. The number of thiol groups is 1. The molecule has 1 aliphatic carbocycles. The van der Waals surface area contributed by atoms with Gasteiger partial charge >= 0.3 is 5.97 Å². The Labute approximate surface area is 130 Å². The van der Waals surface area contributed by atoms with E-state index in [4.69, 9.17) is 10.5 Å². The fourth-order valence-corrected chi connectivity index (χ4v) is 3.92. The molecule has 6 nitrogen and oxygen atoms in total. The Morgan fingerprint density at radius 2 is 1.95 bits per heavy atom. The predicted octanol–water partition coefficient (Wildman–Crippen LogP) is 0.867. The zero-order chi connectivity index (χ0) is 16.3. The summed E-state index contributed by atoms with van der Waals surface area (Å²) in [5.74, 6) is -1.40. The lowest BCUT2D eigenvalue weighted by Gasteiger charge is -2.24. The van der Waals surface area contributed by atoms with Crippen LogP contribution in [0.1, 0.15) is 36.5 Å². The molecule has 0 bridgehead atoms. The summed E-state index contributed by atoms with van der Waals surface area (Å²) in [6.45, 7) is 1.25. The van der Waals surface area contributed by atoms with Crippen LogP contribution in [-0.4, -0.2) is 31.1 Å². The molecule has 1 aromatic carbocycles. The zero-order valence-corrected chi connectivity index (χ0v) is 13.1. The smallest absolute Gasteiger partial charge is 0.304 e. The number of nitrogens with two attached hydrogens (primary N) is 1. The fourth-order valence-electron chi connectivity index (χ4n) is 2.98. The Morgan fingerprint density at radius 3 is 2.50 bits per heavy atom. The van der Waals surface area contributed by atoms with E-state index in [2.05, 4.69) is 0 Å². The molecule has 1 aliphatic rings. The van der Waals surface area contributed by atoms with Gasteiger partial charge in [-0.15, -0.1) is 0 Å². The number of ether oxygens (including phenoxy) is 1. The highest BCUT2D eigenvalue weighted by molar-refractivity contribution is 7.74. The number of hydrogen-bond acceptors (Lipinski definition) is 6. The van der Waals surface area contributed by atoms with E-state index in [9.17, 15) is 18.0 Å². The highest BCUT2D eigenvalue weighted by Crippen LogP contribution is 2.37. The van der Waals surface area contributed by atoms with Gasteiger partial charge in [0.2, 0.25) is 0 Å². The minimum atomic E-state index is -2.95. The van der Waals surface area contributed by atoms with Crippen molar-refractivity contribution in [3.05, 3.63) is 35.9 Å². The molecule has 0 spiro atoms. The summed E-state index contributed by atoms with van der Waals surface area (Å²) in [7, 11) is -2.95. The van der Waals surface area contributed by atoms with Crippen LogP contribution in [0, 0.1) is 5.92 Å². The van der Waals surface area contributed by atoms with E-state index in [-0.39, 0.29) is 6.42 Å². The fraction of sp³-hybridized carbons (Fsp3) is 0.467. The lowest BCUT2D eigenvalue weighted by molar-refractivity contribution is -0.156. The van der Waals surface area contributed by atoms with Gasteiger partial charge < -0.3 is 4.74 Å². The Kier molecular flexibility index (Phi) is 4.97. The molecule has 1 saturated carbocycles. The van der Waals surface area contributed by atoms with Gasteiger partial charge in [-0.05, 0) is 12.3 Å². The van der Waals surface area contributed by atoms with Gasteiger partial charge in [0.1, 0.15) is 5.25 Å². The molecule has 0 aromatic heterocycles. The van der Waals surface area contributed by atoms with Crippen molar-refractivity contribution in [3.63, 3.8) is 0 Å². The van der Waals surface area contributed by atoms with Crippen LogP contribution in [0.5, 0.6) is 0 Å². The molecule has 2 N–H and O–H groups in total. The van der Waals surface area contributed by atoms with Crippen molar-refractivity contribution in [2.45, 2.75) is 37.2 Å². The Morgan fingerprint density at radius 1 is 1.32 bits per heavy atom. The molecule has 3 atom stereocenters. The van der Waals surface area contributed by atoms with Gasteiger partial charge in [0.05, 0.1) is 0 Å². The first kappa shape index (κ1) is 16.6. The van der Waals surface area contributed by atoms with E-state index in [1.165, 1.54) is 6.92 Å². The van der Waals surface area contributed by atoms with E-state index in [1.54, 1.807) is 30.3 Å². The lowest BCUT2D eigenvalue weighted by atomic mass is 9.95. The molecule has 22 heavy (non-hydrogen) atoms. The molecular formula is C15H19NO5S. The number of Topliss-reactive ketones (excluding diaryl/α,β-unsaturated/α-hetero) is 1. The average molecular weight is 325 g/mol. The number of rotatable bonds is 5. The van der Waals surface area contributed by atoms with Crippen LogP contribution in [0.15, 0.2) is 30.3 Å². The zero-order valence-electron chi connectivity index (χ0n) is 12.2. The summed E-state index contributed by atoms with van der Waals surface area (Å²) >= 11 is 0. The number of carbonyl (C=O) groups excluding carboxylic acids is 2. The molecule has 0 amide bonds. The SMILES string of the molecule is CC(=O)O[C@]1(N)CC[C@H](C(C(=O)c2ccccc2)[SH](=O)=O)C1. The normalized spacial score (nSPS) is 25.9.